The first-order valence-corrected chi connectivity index (χ1v) is 11.9. The molecule has 0 aliphatic carbocycles. The summed E-state index contributed by atoms with van der Waals surface area (Å²) in [6.07, 6.45) is 3.64. The molecule has 36 heavy (non-hydrogen) atoms. The molecular formula is C31H29NO4. The SMILES string of the molecule is CN(CCc1ccccc1)C(=O)Cc1cc(/C=C/C(=O)O)cc2c(OCc3ccccc3)cccc12. The first-order chi connectivity index (χ1) is 17.5. The lowest BCUT2D eigenvalue weighted by molar-refractivity contribution is -0.131. The quantitative estimate of drug-likeness (QED) is 0.294. The van der Waals surface area contributed by atoms with E-state index in [2.05, 4.69) is 12.1 Å². The number of carboxylic acid groups (broad SMARTS) is 1. The van der Waals surface area contributed by atoms with E-state index in [9.17, 15) is 9.59 Å². The molecule has 0 aliphatic heterocycles. The monoisotopic (exact) mass is 479 g/mol. The number of amides is 1. The van der Waals surface area contributed by atoms with Gasteiger partial charge >= 0.3 is 5.97 Å². The molecule has 0 fully saturated rings. The number of likely N-dealkylation sites (N-methyl/N-ethyl adjacent to an activating group) is 1. The summed E-state index contributed by atoms with van der Waals surface area (Å²) in [7, 11) is 1.82. The van der Waals surface area contributed by atoms with Crippen LogP contribution in [0.25, 0.3) is 16.8 Å². The van der Waals surface area contributed by atoms with Crippen molar-refractivity contribution in [1.82, 2.24) is 4.90 Å². The summed E-state index contributed by atoms with van der Waals surface area (Å²) >= 11 is 0. The molecule has 4 rings (SSSR count). The Labute approximate surface area is 211 Å². The zero-order valence-electron chi connectivity index (χ0n) is 20.3. The molecule has 0 saturated heterocycles. The third-order valence-corrected chi connectivity index (χ3v) is 6.07. The van der Waals surface area contributed by atoms with E-state index in [0.717, 1.165) is 34.4 Å². The van der Waals surface area contributed by atoms with E-state index in [0.29, 0.717) is 24.5 Å². The number of rotatable bonds is 10. The fourth-order valence-corrected chi connectivity index (χ4v) is 4.10. The maximum absolute atomic E-state index is 13.1. The lowest BCUT2D eigenvalue weighted by atomic mass is 9.97. The van der Waals surface area contributed by atoms with E-state index in [1.165, 1.54) is 5.56 Å². The van der Waals surface area contributed by atoms with Crippen molar-refractivity contribution in [3.8, 4) is 5.75 Å². The highest BCUT2D eigenvalue weighted by Gasteiger charge is 2.15. The Morgan fingerprint density at radius 3 is 2.25 bits per heavy atom. The van der Waals surface area contributed by atoms with Gasteiger partial charge < -0.3 is 14.7 Å². The zero-order valence-corrected chi connectivity index (χ0v) is 20.3. The van der Waals surface area contributed by atoms with Gasteiger partial charge in [-0.25, -0.2) is 4.79 Å². The van der Waals surface area contributed by atoms with Gasteiger partial charge in [0.2, 0.25) is 5.91 Å². The largest absolute Gasteiger partial charge is 0.488 e. The minimum atomic E-state index is -1.03. The molecule has 0 aliphatic rings. The van der Waals surface area contributed by atoms with Crippen molar-refractivity contribution < 1.29 is 19.4 Å². The van der Waals surface area contributed by atoms with Crippen LogP contribution < -0.4 is 4.74 Å². The van der Waals surface area contributed by atoms with Crippen LogP contribution in [0.5, 0.6) is 5.75 Å². The average Bonchev–Trinajstić information content (AvgIpc) is 2.90. The number of carboxylic acids is 1. The smallest absolute Gasteiger partial charge is 0.328 e. The second-order valence-corrected chi connectivity index (χ2v) is 8.70. The maximum Gasteiger partial charge on any atom is 0.328 e. The van der Waals surface area contributed by atoms with Crippen molar-refractivity contribution in [3.63, 3.8) is 0 Å². The number of benzene rings is 4. The van der Waals surface area contributed by atoms with Crippen molar-refractivity contribution in [2.75, 3.05) is 13.6 Å². The first kappa shape index (κ1) is 24.7. The summed E-state index contributed by atoms with van der Waals surface area (Å²) in [4.78, 5) is 26.0. The van der Waals surface area contributed by atoms with Gasteiger partial charge in [-0.15, -0.1) is 0 Å². The third-order valence-electron chi connectivity index (χ3n) is 6.07. The van der Waals surface area contributed by atoms with Crippen molar-refractivity contribution in [3.05, 3.63) is 119 Å². The summed E-state index contributed by atoms with van der Waals surface area (Å²) in [5, 5.41) is 10.9. The van der Waals surface area contributed by atoms with Gasteiger partial charge in [0, 0.05) is 25.1 Å². The Kier molecular flexibility index (Phi) is 8.14. The number of ether oxygens (including phenoxy) is 1. The van der Waals surface area contributed by atoms with Crippen LogP contribution in [0.15, 0.2) is 97.1 Å². The van der Waals surface area contributed by atoms with Crippen molar-refractivity contribution in [2.45, 2.75) is 19.4 Å². The van der Waals surface area contributed by atoms with E-state index >= 15 is 0 Å². The molecule has 5 nitrogen and oxygen atoms in total. The molecule has 0 saturated carbocycles. The molecule has 4 aromatic carbocycles. The highest BCUT2D eigenvalue weighted by Crippen LogP contribution is 2.31. The fraction of sp³-hybridized carbons (Fsp3) is 0.161. The highest BCUT2D eigenvalue weighted by molar-refractivity contribution is 5.96. The number of hydrogen-bond acceptors (Lipinski definition) is 3. The Morgan fingerprint density at radius 2 is 1.56 bits per heavy atom. The Hall–Kier alpha value is -4.38. The van der Waals surface area contributed by atoms with E-state index in [1.807, 2.05) is 85.9 Å². The standard InChI is InChI=1S/C31H29NO4/c1-32(18-17-23-9-4-2-5-10-23)30(33)21-26-19-25(15-16-31(34)35)20-28-27(26)13-8-14-29(28)36-22-24-11-6-3-7-12-24/h2-16,19-20H,17-18,21-22H2,1H3,(H,34,35)/b16-15+. The number of aliphatic carboxylic acids is 1. The van der Waals surface area contributed by atoms with Gasteiger partial charge in [0.25, 0.3) is 0 Å². The van der Waals surface area contributed by atoms with E-state index in [4.69, 9.17) is 9.84 Å². The van der Waals surface area contributed by atoms with Crippen LogP contribution in [0.4, 0.5) is 0 Å². The predicted octanol–water partition coefficient (Wildman–Crippen LogP) is 5.76. The van der Waals surface area contributed by atoms with E-state index in [1.54, 1.807) is 11.0 Å². The van der Waals surface area contributed by atoms with Gasteiger partial charge in [-0.2, -0.15) is 0 Å². The summed E-state index contributed by atoms with van der Waals surface area (Å²) < 4.78 is 6.15. The molecule has 0 bridgehead atoms. The van der Waals surface area contributed by atoms with Crippen LogP contribution >= 0.6 is 0 Å². The normalized spacial score (nSPS) is 11.0. The van der Waals surface area contributed by atoms with Gasteiger partial charge in [0.05, 0.1) is 6.42 Å². The fourth-order valence-electron chi connectivity index (χ4n) is 4.10. The molecule has 0 unspecified atom stereocenters. The summed E-state index contributed by atoms with van der Waals surface area (Å²) in [6, 6.07) is 29.6. The average molecular weight is 480 g/mol. The Bertz CT molecular complexity index is 1360. The van der Waals surface area contributed by atoms with Crippen LogP contribution in [0.1, 0.15) is 22.3 Å². The lowest BCUT2D eigenvalue weighted by Gasteiger charge is -2.19. The Balaban J connectivity index is 1.60. The maximum atomic E-state index is 13.1. The molecule has 4 aromatic rings. The topological polar surface area (TPSA) is 66.8 Å². The third kappa shape index (κ3) is 6.60. The highest BCUT2D eigenvalue weighted by atomic mass is 16.5. The molecule has 182 valence electrons. The van der Waals surface area contributed by atoms with Gasteiger partial charge in [0.15, 0.2) is 0 Å². The van der Waals surface area contributed by atoms with Crippen LogP contribution in [0.2, 0.25) is 0 Å². The molecule has 0 heterocycles. The summed E-state index contributed by atoms with van der Waals surface area (Å²) in [5.41, 5.74) is 3.77. The molecule has 0 spiro atoms. The zero-order chi connectivity index (χ0) is 25.3. The van der Waals surface area contributed by atoms with Gasteiger partial charge in [-0.3, -0.25) is 4.79 Å². The molecule has 0 aromatic heterocycles. The number of nitrogens with zero attached hydrogens (tertiary/aromatic N) is 1. The molecule has 0 radical (unpaired) electrons. The van der Waals surface area contributed by atoms with Gasteiger partial charge in [-0.1, -0.05) is 78.9 Å². The van der Waals surface area contributed by atoms with Crippen LogP contribution in [-0.2, 0) is 29.0 Å². The van der Waals surface area contributed by atoms with Gasteiger partial charge in [-0.05, 0) is 52.3 Å². The second kappa shape index (κ2) is 11.8. The molecule has 1 N–H and O–H groups in total. The molecule has 0 atom stereocenters. The second-order valence-electron chi connectivity index (χ2n) is 8.70. The molecule has 1 amide bonds. The van der Waals surface area contributed by atoms with E-state index < -0.39 is 5.97 Å². The minimum absolute atomic E-state index is 0.00204. The summed E-state index contributed by atoms with van der Waals surface area (Å²) in [5.74, 6) is -0.336. The molecule has 5 heteroatoms. The summed E-state index contributed by atoms with van der Waals surface area (Å²) in [6.45, 7) is 1.02. The predicted molar refractivity (Wildman–Crippen MR) is 143 cm³/mol. The van der Waals surface area contributed by atoms with Crippen LogP contribution in [0.3, 0.4) is 0 Å². The van der Waals surface area contributed by atoms with E-state index in [-0.39, 0.29) is 12.3 Å². The Morgan fingerprint density at radius 1 is 0.861 bits per heavy atom. The van der Waals surface area contributed by atoms with Crippen molar-refractivity contribution in [2.24, 2.45) is 0 Å². The molecular weight excluding hydrogens is 450 g/mol. The van der Waals surface area contributed by atoms with Crippen LogP contribution in [-0.4, -0.2) is 35.5 Å². The number of carbonyl (C=O) groups excluding carboxylic acids is 1. The first-order valence-electron chi connectivity index (χ1n) is 11.9. The van der Waals surface area contributed by atoms with Crippen molar-refractivity contribution in [1.29, 1.82) is 0 Å². The van der Waals surface area contributed by atoms with Crippen LogP contribution in [0, 0.1) is 0 Å². The number of hydrogen-bond donors (Lipinski definition) is 1. The number of fused-ring (bicyclic) bond motifs is 1. The minimum Gasteiger partial charge on any atom is -0.488 e. The van der Waals surface area contributed by atoms with Gasteiger partial charge in [0.1, 0.15) is 12.4 Å². The lowest BCUT2D eigenvalue weighted by Crippen LogP contribution is -2.30. The van der Waals surface area contributed by atoms with Crippen molar-refractivity contribution >= 4 is 28.7 Å². The number of carbonyl (C=O) groups is 2.